The molecule has 110 heavy (non-hydrogen) atoms. The number of nitriles is 1. The van der Waals surface area contributed by atoms with E-state index in [1.807, 2.05) is 0 Å². The molecule has 2 heterocycles. The first-order valence-corrected chi connectivity index (χ1v) is 48.2. The third-order valence-corrected chi connectivity index (χ3v) is 25.4. The van der Waals surface area contributed by atoms with Gasteiger partial charge in [0.15, 0.2) is 12.3 Å². The molecule has 8 nitrogen and oxygen atoms in total. The van der Waals surface area contributed by atoms with E-state index < -0.39 is 5.97 Å². The lowest BCUT2D eigenvalue weighted by atomic mass is 9.69. The van der Waals surface area contributed by atoms with Gasteiger partial charge in [-0.15, -0.1) is 0 Å². The number of rotatable bonds is 79. The number of ether oxygens (including phenoxy) is 2. The number of hydrogen-bond acceptors (Lipinski definition) is 6. The normalized spacial score (nSPS) is 14.2. The highest BCUT2D eigenvalue weighted by molar-refractivity contribution is 6.04. The topological polar surface area (TPSA) is 103 Å². The van der Waals surface area contributed by atoms with E-state index in [1.54, 1.807) is 7.11 Å². The second-order valence-electron chi connectivity index (χ2n) is 34.7. The molecule has 4 rings (SSSR count). The van der Waals surface area contributed by atoms with Crippen LogP contribution >= 0.6 is 0 Å². The number of methoxy groups -OCH3 is 1. The molecule has 0 fully saturated rings. The van der Waals surface area contributed by atoms with Crippen LogP contribution in [0.3, 0.4) is 0 Å². The second kappa shape index (κ2) is 66.6. The Kier molecular flexibility index (Phi) is 59.2. The molecule has 0 aliphatic carbocycles. The van der Waals surface area contributed by atoms with Crippen LogP contribution in [0.5, 0.6) is 5.75 Å². The lowest BCUT2D eigenvalue weighted by Crippen LogP contribution is -2.35. The van der Waals surface area contributed by atoms with Crippen LogP contribution in [0.1, 0.15) is 487 Å². The molecule has 0 atom stereocenters. The average molecular weight is 1520 g/mol. The number of unbranched alkanes of at least 4 members (excludes halogenated alkanes) is 60. The highest BCUT2D eigenvalue weighted by Gasteiger charge is 2.51. The van der Waals surface area contributed by atoms with Crippen molar-refractivity contribution in [3.63, 3.8) is 0 Å². The van der Waals surface area contributed by atoms with Crippen LogP contribution in [-0.2, 0) is 25.2 Å². The van der Waals surface area contributed by atoms with Crippen molar-refractivity contribution in [2.24, 2.45) is 0 Å². The van der Waals surface area contributed by atoms with Crippen LogP contribution in [-0.4, -0.2) is 54.6 Å². The van der Waals surface area contributed by atoms with Gasteiger partial charge in [-0.3, -0.25) is 9.59 Å². The van der Waals surface area contributed by atoms with Gasteiger partial charge in [0.2, 0.25) is 5.69 Å². The van der Waals surface area contributed by atoms with Crippen molar-refractivity contribution in [1.82, 2.24) is 0 Å². The van der Waals surface area contributed by atoms with Gasteiger partial charge in [-0.05, 0) is 80.7 Å². The van der Waals surface area contributed by atoms with Crippen molar-refractivity contribution < 1.29 is 28.7 Å². The quantitative estimate of drug-likeness (QED) is 0.0231. The summed E-state index contributed by atoms with van der Waals surface area (Å²) in [6, 6.07) is 16.2. The Bertz CT molecular complexity index is 2690. The first-order valence-electron chi connectivity index (χ1n) is 48.2. The van der Waals surface area contributed by atoms with Crippen LogP contribution < -0.4 is 9.64 Å². The molecule has 0 saturated carbocycles. The van der Waals surface area contributed by atoms with Gasteiger partial charge in [0.25, 0.3) is 6.47 Å². The van der Waals surface area contributed by atoms with Gasteiger partial charge in [0.05, 0.1) is 30.7 Å². The van der Waals surface area contributed by atoms with Gasteiger partial charge in [0, 0.05) is 34.5 Å². The van der Waals surface area contributed by atoms with Crippen molar-refractivity contribution in [1.29, 1.82) is 5.26 Å². The van der Waals surface area contributed by atoms with Crippen LogP contribution in [0.25, 0.3) is 0 Å². The number of carbonyl (C=O) groups excluding carboxylic acids is 1. The Morgan fingerprint density at radius 1 is 0.455 bits per heavy atom. The number of aryl methyl sites for hydroxylation is 1. The molecular weight excluding hydrogens is 1350 g/mol. The monoisotopic (exact) mass is 1520 g/mol. The minimum absolute atomic E-state index is 0.0295. The summed E-state index contributed by atoms with van der Waals surface area (Å²) < 4.78 is 14.0. The number of hydrogen-bond donors (Lipinski definition) is 1. The third kappa shape index (κ3) is 41.6. The predicted octanol–water partition coefficient (Wildman–Crippen LogP) is 32.2. The van der Waals surface area contributed by atoms with E-state index >= 15 is 0 Å². The zero-order chi connectivity index (χ0) is 78.7. The SMILES string of the molecule is CCCCCCCCCCCCCCCCCCC1(CCCCCCCCCCCCCCCCCC)C(/C=C/C(C#N)=C/C=C2/N(CCOC=O)c3ccc(OC)cc3C2(CCCCCCCCCCCCCCCCCC)CCCCCCCCCCCCCCCCCC)=[N+](CCC(=O)O)c2ccc(C)cc21. The van der Waals surface area contributed by atoms with Gasteiger partial charge >= 0.3 is 5.97 Å². The molecule has 0 bridgehead atoms. The first-order chi connectivity index (χ1) is 54.2. The largest absolute Gasteiger partial charge is 0.497 e. The molecule has 2 aliphatic heterocycles. The maximum absolute atomic E-state index is 12.7. The fourth-order valence-corrected chi connectivity index (χ4v) is 18.6. The molecule has 0 aromatic heterocycles. The molecule has 0 amide bonds. The zero-order valence-electron chi connectivity index (χ0n) is 73.2. The summed E-state index contributed by atoms with van der Waals surface area (Å²) >= 11 is 0. The molecule has 2 aromatic carbocycles. The van der Waals surface area contributed by atoms with Crippen LogP contribution in [0.2, 0.25) is 0 Å². The Morgan fingerprint density at radius 2 is 0.791 bits per heavy atom. The zero-order valence-corrected chi connectivity index (χ0v) is 73.2. The van der Waals surface area contributed by atoms with Crippen molar-refractivity contribution in [3.05, 3.63) is 88.7 Å². The van der Waals surface area contributed by atoms with Crippen molar-refractivity contribution in [2.75, 3.05) is 31.7 Å². The van der Waals surface area contributed by atoms with Crippen LogP contribution in [0.15, 0.2) is 72.0 Å². The summed E-state index contributed by atoms with van der Waals surface area (Å²) in [6.07, 6.45) is 98.0. The summed E-state index contributed by atoms with van der Waals surface area (Å²) in [5.74, 6) is 0.0637. The number of fused-ring (bicyclic) bond motifs is 2. The molecule has 2 aromatic rings. The molecule has 626 valence electrons. The molecule has 0 saturated heterocycles. The van der Waals surface area contributed by atoms with Crippen LogP contribution in [0, 0.1) is 18.3 Å². The minimum atomic E-state index is -0.791. The maximum atomic E-state index is 12.7. The van der Waals surface area contributed by atoms with E-state index in [0.29, 0.717) is 25.1 Å². The Hall–Kier alpha value is -4.64. The minimum Gasteiger partial charge on any atom is -0.497 e. The lowest BCUT2D eigenvalue weighted by Gasteiger charge is -2.34. The van der Waals surface area contributed by atoms with Gasteiger partial charge in [0.1, 0.15) is 18.8 Å². The number of benzene rings is 2. The fourth-order valence-electron chi connectivity index (χ4n) is 18.6. The van der Waals surface area contributed by atoms with Gasteiger partial charge in [-0.1, -0.05) is 450 Å². The second-order valence-corrected chi connectivity index (χ2v) is 34.7. The molecule has 2 aliphatic rings. The summed E-state index contributed by atoms with van der Waals surface area (Å²) in [7, 11) is 1.78. The number of nitrogens with zero attached hydrogens (tertiary/aromatic N) is 3. The Balaban J connectivity index is 1.67. The maximum Gasteiger partial charge on any atom is 0.309 e. The van der Waals surface area contributed by atoms with Gasteiger partial charge in [-0.2, -0.15) is 9.84 Å². The number of aliphatic carboxylic acids is 1. The summed E-state index contributed by atoms with van der Waals surface area (Å²) in [6.45, 7) is 13.1. The third-order valence-electron chi connectivity index (χ3n) is 25.4. The highest BCUT2D eigenvalue weighted by Crippen LogP contribution is 2.55. The van der Waals surface area contributed by atoms with Gasteiger partial charge < -0.3 is 19.5 Å². The number of carboxylic acids is 1. The lowest BCUT2D eigenvalue weighted by molar-refractivity contribution is -0.436. The summed E-state index contributed by atoms with van der Waals surface area (Å²) in [5, 5.41) is 22.0. The van der Waals surface area contributed by atoms with E-state index in [-0.39, 0.29) is 23.9 Å². The van der Waals surface area contributed by atoms with E-state index in [9.17, 15) is 20.0 Å². The fraction of sp³-hybridized carbons (Fsp3) is 0.784. The Labute approximate surface area is 680 Å². The van der Waals surface area contributed by atoms with Crippen molar-refractivity contribution in [3.8, 4) is 11.8 Å². The summed E-state index contributed by atoms with van der Waals surface area (Å²) in [5.41, 5.74) is 8.38. The highest BCUT2D eigenvalue weighted by atomic mass is 16.5. The van der Waals surface area contributed by atoms with E-state index in [0.717, 1.165) is 74.2 Å². The Morgan fingerprint density at radius 3 is 1.11 bits per heavy atom. The molecule has 1 N–H and O–H groups in total. The van der Waals surface area contributed by atoms with E-state index in [1.165, 1.54) is 408 Å². The van der Waals surface area contributed by atoms with Gasteiger partial charge in [-0.25, -0.2) is 0 Å². The predicted molar refractivity (Wildman–Crippen MR) is 477 cm³/mol. The van der Waals surface area contributed by atoms with E-state index in [4.69, 9.17) is 9.47 Å². The standard InChI is InChI=1S/C102H173N3O5/c1-7-11-15-19-23-27-31-35-39-43-47-51-55-59-63-67-80-101(81-68-64-60-56-52-48-44-40-36-32-28-24-20-16-12-8-2)94-87-91(5)71-75-96(94)104(84-79-100(107)108)98(101)77-72-92(89-103)73-78-99-102(95-88-93(109-6)74-76-97(95)105(99)85-86-110-90-106,82-69-65-61-57-53-49-45-41-37-33-29-25-21-17-13-9-3)83-70-66-62-58-54-50-46-42-38-34-30-26-22-18-14-10-4/h71-78,87-88,90H,7-70,79-86H2,1-6H3/p+1. The molecule has 0 unspecified atom stereocenters. The average Bonchev–Trinajstić information content (AvgIpc) is 1.59. The summed E-state index contributed by atoms with van der Waals surface area (Å²) in [4.78, 5) is 27.1. The number of allylic oxidation sites excluding steroid dienone is 6. The number of carbonyl (C=O) groups is 2. The number of anilines is 1. The number of carboxylic acid groups (broad SMARTS) is 1. The van der Waals surface area contributed by atoms with Crippen molar-refractivity contribution >= 4 is 29.5 Å². The smallest absolute Gasteiger partial charge is 0.309 e. The van der Waals surface area contributed by atoms with Crippen LogP contribution in [0.4, 0.5) is 11.4 Å². The molecule has 0 spiro atoms. The molecular formula is C102H174N3O5+. The first kappa shape index (κ1) is 97.7. The molecule has 0 radical (unpaired) electrons. The van der Waals surface area contributed by atoms with E-state index in [2.05, 4.69) is 111 Å². The molecule has 8 heteroatoms. The van der Waals surface area contributed by atoms with Crippen molar-refractivity contribution in [2.45, 2.75) is 488 Å².